The average molecular weight is 341 g/mol. The molecule has 1 aromatic heterocycles. The summed E-state index contributed by atoms with van der Waals surface area (Å²) >= 11 is 0. The Hall–Kier alpha value is -2.50. The molecule has 0 spiro atoms. The molecule has 0 atom stereocenters. The number of fused-ring (bicyclic) bond motifs is 2. The van der Waals surface area contributed by atoms with Gasteiger partial charge in [0, 0.05) is 19.3 Å². The van der Waals surface area contributed by atoms with Crippen molar-refractivity contribution in [1.82, 2.24) is 14.5 Å². The standard InChI is InChI=1S/C19H23N3O3/c1-21(11-14-6-7-17-18(10-14)25-9-8-24-17)19(23)12-22-13-20-15-4-2-3-5-16(15)22/h6-7,10,13H,2-5,8-9,11-12H2,1H3. The lowest BCUT2D eigenvalue weighted by Gasteiger charge is -2.22. The zero-order chi connectivity index (χ0) is 17.2. The highest BCUT2D eigenvalue weighted by Crippen LogP contribution is 2.31. The van der Waals surface area contributed by atoms with Crippen LogP contribution >= 0.6 is 0 Å². The normalized spacial score (nSPS) is 15.6. The van der Waals surface area contributed by atoms with E-state index in [4.69, 9.17) is 9.47 Å². The molecule has 1 amide bonds. The summed E-state index contributed by atoms with van der Waals surface area (Å²) in [6.07, 6.45) is 6.24. The van der Waals surface area contributed by atoms with Crippen molar-refractivity contribution in [3.05, 3.63) is 41.5 Å². The fraction of sp³-hybridized carbons (Fsp3) is 0.474. The number of hydrogen-bond acceptors (Lipinski definition) is 4. The Morgan fingerprint density at radius 2 is 2.00 bits per heavy atom. The van der Waals surface area contributed by atoms with E-state index < -0.39 is 0 Å². The smallest absolute Gasteiger partial charge is 0.242 e. The molecular weight excluding hydrogens is 318 g/mol. The third-order valence-electron chi connectivity index (χ3n) is 4.87. The first-order chi connectivity index (χ1) is 12.2. The van der Waals surface area contributed by atoms with Crippen LogP contribution in [0.2, 0.25) is 0 Å². The Bertz CT molecular complexity index is 784. The Labute approximate surface area is 147 Å². The quantitative estimate of drug-likeness (QED) is 0.855. The maximum Gasteiger partial charge on any atom is 0.242 e. The van der Waals surface area contributed by atoms with Gasteiger partial charge in [-0.25, -0.2) is 4.98 Å². The lowest BCUT2D eigenvalue weighted by atomic mass is 10.0. The van der Waals surface area contributed by atoms with E-state index >= 15 is 0 Å². The van der Waals surface area contributed by atoms with E-state index in [0.29, 0.717) is 26.3 Å². The van der Waals surface area contributed by atoms with Crippen LogP contribution in [0, 0.1) is 0 Å². The van der Waals surface area contributed by atoms with Gasteiger partial charge in [-0.15, -0.1) is 0 Å². The Morgan fingerprint density at radius 3 is 2.88 bits per heavy atom. The van der Waals surface area contributed by atoms with Crippen molar-refractivity contribution in [3.8, 4) is 11.5 Å². The van der Waals surface area contributed by atoms with Gasteiger partial charge in [0.25, 0.3) is 0 Å². The Morgan fingerprint density at radius 1 is 1.20 bits per heavy atom. The molecule has 0 radical (unpaired) electrons. The van der Waals surface area contributed by atoms with Crippen LogP contribution in [-0.4, -0.2) is 40.6 Å². The van der Waals surface area contributed by atoms with E-state index in [1.54, 1.807) is 4.90 Å². The van der Waals surface area contributed by atoms with E-state index in [2.05, 4.69) is 4.98 Å². The monoisotopic (exact) mass is 341 g/mol. The zero-order valence-corrected chi connectivity index (χ0v) is 14.5. The van der Waals surface area contributed by atoms with Crippen LogP contribution < -0.4 is 9.47 Å². The first-order valence-electron chi connectivity index (χ1n) is 8.86. The molecule has 1 aromatic carbocycles. The molecule has 0 N–H and O–H groups in total. The highest BCUT2D eigenvalue weighted by Gasteiger charge is 2.19. The number of rotatable bonds is 4. The van der Waals surface area contributed by atoms with Crippen LogP contribution in [0.25, 0.3) is 0 Å². The van der Waals surface area contributed by atoms with Crippen LogP contribution in [0.1, 0.15) is 29.8 Å². The largest absolute Gasteiger partial charge is 0.486 e. The SMILES string of the molecule is CN(Cc1ccc2c(c1)OCCO2)C(=O)Cn1cnc2c1CCCC2. The van der Waals surface area contributed by atoms with Gasteiger partial charge in [0.15, 0.2) is 11.5 Å². The van der Waals surface area contributed by atoms with E-state index in [1.807, 2.05) is 36.1 Å². The van der Waals surface area contributed by atoms with Gasteiger partial charge in [0.1, 0.15) is 19.8 Å². The number of benzene rings is 1. The molecule has 6 heteroatoms. The second-order valence-electron chi connectivity index (χ2n) is 6.70. The van der Waals surface area contributed by atoms with E-state index in [-0.39, 0.29) is 5.91 Å². The summed E-state index contributed by atoms with van der Waals surface area (Å²) in [5.41, 5.74) is 3.42. The number of nitrogens with zero attached hydrogens (tertiary/aromatic N) is 3. The minimum Gasteiger partial charge on any atom is -0.486 e. The Kier molecular flexibility index (Phi) is 4.34. The molecule has 6 nitrogen and oxygen atoms in total. The van der Waals surface area contributed by atoms with Crippen molar-refractivity contribution in [2.24, 2.45) is 0 Å². The number of aryl methyl sites for hydroxylation is 1. The molecule has 4 rings (SSSR count). The lowest BCUT2D eigenvalue weighted by Crippen LogP contribution is -2.30. The predicted molar refractivity (Wildman–Crippen MR) is 92.8 cm³/mol. The van der Waals surface area contributed by atoms with Crippen LogP contribution in [0.5, 0.6) is 11.5 Å². The first kappa shape index (κ1) is 16.0. The van der Waals surface area contributed by atoms with Gasteiger partial charge in [0.2, 0.25) is 5.91 Å². The molecule has 2 heterocycles. The van der Waals surface area contributed by atoms with Crippen molar-refractivity contribution >= 4 is 5.91 Å². The maximum atomic E-state index is 12.6. The number of carbonyl (C=O) groups excluding carboxylic acids is 1. The molecular formula is C19H23N3O3. The highest BCUT2D eigenvalue weighted by molar-refractivity contribution is 5.75. The molecule has 0 saturated carbocycles. The molecule has 1 aliphatic heterocycles. The number of aromatic nitrogens is 2. The molecule has 25 heavy (non-hydrogen) atoms. The van der Waals surface area contributed by atoms with Crippen LogP contribution in [-0.2, 0) is 30.7 Å². The van der Waals surface area contributed by atoms with E-state index in [0.717, 1.165) is 35.6 Å². The van der Waals surface area contributed by atoms with Crippen molar-refractivity contribution in [2.45, 2.75) is 38.8 Å². The second kappa shape index (κ2) is 6.78. The first-order valence-corrected chi connectivity index (χ1v) is 8.86. The summed E-state index contributed by atoms with van der Waals surface area (Å²) in [7, 11) is 1.84. The fourth-order valence-corrected chi connectivity index (χ4v) is 3.48. The number of imidazole rings is 1. The molecule has 2 aliphatic rings. The van der Waals surface area contributed by atoms with Crippen LogP contribution in [0.4, 0.5) is 0 Å². The molecule has 2 aromatic rings. The average Bonchev–Trinajstić information content (AvgIpc) is 3.04. The Balaban J connectivity index is 1.41. The zero-order valence-electron chi connectivity index (χ0n) is 14.5. The van der Waals surface area contributed by atoms with Gasteiger partial charge in [-0.2, -0.15) is 0 Å². The van der Waals surface area contributed by atoms with Crippen molar-refractivity contribution in [1.29, 1.82) is 0 Å². The number of likely N-dealkylation sites (N-methyl/N-ethyl adjacent to an activating group) is 1. The maximum absolute atomic E-state index is 12.6. The number of ether oxygens (including phenoxy) is 2. The predicted octanol–water partition coefficient (Wildman–Crippen LogP) is 2.19. The fourth-order valence-electron chi connectivity index (χ4n) is 3.48. The number of carbonyl (C=O) groups is 1. The second-order valence-corrected chi connectivity index (χ2v) is 6.70. The highest BCUT2D eigenvalue weighted by atomic mass is 16.6. The summed E-state index contributed by atoms with van der Waals surface area (Å²) < 4.78 is 13.2. The summed E-state index contributed by atoms with van der Waals surface area (Å²) in [4.78, 5) is 18.8. The van der Waals surface area contributed by atoms with E-state index in [9.17, 15) is 4.79 Å². The van der Waals surface area contributed by atoms with Gasteiger partial charge in [-0.05, 0) is 43.4 Å². The number of amides is 1. The van der Waals surface area contributed by atoms with Crippen LogP contribution in [0.15, 0.2) is 24.5 Å². The molecule has 0 bridgehead atoms. The summed E-state index contributed by atoms with van der Waals surface area (Å²) in [6, 6.07) is 5.85. The summed E-state index contributed by atoms with van der Waals surface area (Å²) in [6.45, 7) is 2.05. The van der Waals surface area contributed by atoms with Crippen LogP contribution in [0.3, 0.4) is 0 Å². The molecule has 0 saturated heterocycles. The molecule has 0 unspecified atom stereocenters. The minimum absolute atomic E-state index is 0.0839. The minimum atomic E-state index is 0.0839. The molecule has 1 aliphatic carbocycles. The number of hydrogen-bond donors (Lipinski definition) is 0. The van der Waals surface area contributed by atoms with Crippen molar-refractivity contribution in [3.63, 3.8) is 0 Å². The summed E-state index contributed by atoms with van der Waals surface area (Å²) in [5, 5.41) is 0. The van der Waals surface area contributed by atoms with Gasteiger partial charge >= 0.3 is 0 Å². The van der Waals surface area contributed by atoms with Gasteiger partial charge in [0.05, 0.1) is 12.0 Å². The van der Waals surface area contributed by atoms with Crippen molar-refractivity contribution < 1.29 is 14.3 Å². The lowest BCUT2D eigenvalue weighted by molar-refractivity contribution is -0.131. The third kappa shape index (κ3) is 3.34. The topological polar surface area (TPSA) is 56.6 Å². The van der Waals surface area contributed by atoms with Gasteiger partial charge < -0.3 is 18.9 Å². The summed E-state index contributed by atoms with van der Waals surface area (Å²) in [5.74, 6) is 1.61. The van der Waals surface area contributed by atoms with Crippen molar-refractivity contribution in [2.75, 3.05) is 20.3 Å². The van der Waals surface area contributed by atoms with Gasteiger partial charge in [-0.1, -0.05) is 6.07 Å². The van der Waals surface area contributed by atoms with Gasteiger partial charge in [-0.3, -0.25) is 4.79 Å². The third-order valence-corrected chi connectivity index (χ3v) is 4.87. The van der Waals surface area contributed by atoms with E-state index in [1.165, 1.54) is 18.5 Å². The molecule has 0 fully saturated rings. The molecule has 132 valence electrons.